The lowest BCUT2D eigenvalue weighted by Gasteiger charge is -2.48. The van der Waals surface area contributed by atoms with E-state index in [4.69, 9.17) is 27.7 Å². The van der Waals surface area contributed by atoms with E-state index in [0.717, 1.165) is 48.8 Å². The van der Waals surface area contributed by atoms with Crippen LogP contribution in [0.25, 0.3) is 0 Å². The molecule has 4 rings (SSSR count). The van der Waals surface area contributed by atoms with Crippen LogP contribution in [0.1, 0.15) is 50.4 Å². The van der Waals surface area contributed by atoms with Gasteiger partial charge in [0.25, 0.3) is 0 Å². The van der Waals surface area contributed by atoms with Gasteiger partial charge in [-0.3, -0.25) is 15.0 Å². The number of likely N-dealkylation sites (tertiary alicyclic amines) is 2. The van der Waals surface area contributed by atoms with Gasteiger partial charge in [0.2, 0.25) is 22.9 Å². The lowest BCUT2D eigenvalue weighted by molar-refractivity contribution is -0.134. The minimum atomic E-state index is -0.625. The fourth-order valence-electron chi connectivity index (χ4n) is 5.24. The van der Waals surface area contributed by atoms with Crippen LogP contribution < -0.4 is 21.1 Å². The Morgan fingerprint density at radius 3 is 2.26 bits per heavy atom. The van der Waals surface area contributed by atoms with Crippen molar-refractivity contribution in [1.29, 1.82) is 0 Å². The maximum absolute atomic E-state index is 12.7. The van der Waals surface area contributed by atoms with E-state index in [9.17, 15) is 4.79 Å². The summed E-state index contributed by atoms with van der Waals surface area (Å²) in [6.07, 6.45) is 4.64. The Kier molecular flexibility index (Phi) is 9.11. The first kappa shape index (κ1) is 27.7. The number of carbonyl (C=O) groups is 1. The van der Waals surface area contributed by atoms with Crippen LogP contribution in [0.5, 0.6) is 5.75 Å². The highest BCUT2D eigenvalue weighted by molar-refractivity contribution is 7.80. The van der Waals surface area contributed by atoms with E-state index in [1.807, 2.05) is 51.1 Å². The number of rotatable bonds is 6. The van der Waals surface area contributed by atoms with Gasteiger partial charge in [0.05, 0.1) is 6.61 Å². The SMILES string of the molecule is CCOc1ccc(NC(=S)/N=C(/Nc2nc(C)cc(C)n2)N2CCC(C(N)=O)(N3CCCCC3)CC2)cc1. The van der Waals surface area contributed by atoms with Gasteiger partial charge in [-0.2, -0.15) is 4.99 Å². The van der Waals surface area contributed by atoms with Crippen LogP contribution in [-0.2, 0) is 4.79 Å². The van der Waals surface area contributed by atoms with Gasteiger partial charge in [0, 0.05) is 30.2 Å². The fraction of sp³-hybridized carbons (Fsp3) is 0.519. The highest BCUT2D eigenvalue weighted by Gasteiger charge is 2.45. The number of benzene rings is 1. The number of piperidine rings is 2. The third-order valence-corrected chi connectivity index (χ3v) is 7.33. The number of guanidine groups is 1. The molecule has 1 amide bonds. The summed E-state index contributed by atoms with van der Waals surface area (Å²) in [6.45, 7) is 9.43. The van der Waals surface area contributed by atoms with E-state index >= 15 is 0 Å². The molecule has 2 aliphatic heterocycles. The predicted octanol–water partition coefficient (Wildman–Crippen LogP) is 3.46. The number of hydrogen-bond donors (Lipinski definition) is 3. The van der Waals surface area contributed by atoms with Crippen molar-refractivity contribution in [1.82, 2.24) is 19.8 Å². The third kappa shape index (κ3) is 6.76. The molecule has 2 saturated heterocycles. The van der Waals surface area contributed by atoms with Crippen molar-refractivity contribution in [3.05, 3.63) is 41.7 Å². The topological polar surface area (TPSA) is 121 Å². The number of nitrogens with two attached hydrogens (primary N) is 1. The maximum Gasteiger partial charge on any atom is 0.238 e. The zero-order valence-corrected chi connectivity index (χ0v) is 23.3. The number of ether oxygens (including phenoxy) is 1. The molecule has 1 aromatic carbocycles. The standard InChI is InChI=1S/C27H38N8O2S/c1-4-37-22-10-8-21(9-11-22)31-26(38)33-25(32-24-29-19(2)18-20(3)30-24)34-16-12-27(13-17-34,23(28)36)35-14-6-5-7-15-35/h8-11,18H,4-7,12-17H2,1-3H3,(H2,28,36)(H2,29,30,31,32,33,38). The first-order valence-corrected chi connectivity index (χ1v) is 13.7. The molecule has 3 heterocycles. The zero-order chi connectivity index (χ0) is 27.1. The average Bonchev–Trinajstić information content (AvgIpc) is 2.89. The summed E-state index contributed by atoms with van der Waals surface area (Å²) >= 11 is 5.60. The molecule has 4 N–H and O–H groups in total. The van der Waals surface area contributed by atoms with Crippen LogP contribution in [0.15, 0.2) is 35.3 Å². The molecule has 1 aromatic heterocycles. The molecule has 2 fully saturated rings. The van der Waals surface area contributed by atoms with Gasteiger partial charge < -0.3 is 20.7 Å². The molecule has 0 bridgehead atoms. The number of nitrogens with one attached hydrogen (secondary N) is 2. The van der Waals surface area contributed by atoms with E-state index in [1.165, 1.54) is 6.42 Å². The summed E-state index contributed by atoms with van der Waals surface area (Å²) in [4.78, 5) is 30.9. The first-order valence-electron chi connectivity index (χ1n) is 13.3. The Morgan fingerprint density at radius 1 is 1.05 bits per heavy atom. The van der Waals surface area contributed by atoms with Crippen molar-refractivity contribution in [3.63, 3.8) is 0 Å². The molecule has 11 heteroatoms. The van der Waals surface area contributed by atoms with Crippen LogP contribution in [0, 0.1) is 13.8 Å². The number of aromatic nitrogens is 2. The molecule has 0 saturated carbocycles. The molecule has 10 nitrogen and oxygen atoms in total. The largest absolute Gasteiger partial charge is 0.494 e. The van der Waals surface area contributed by atoms with Crippen LogP contribution in [-0.4, -0.2) is 75.1 Å². The van der Waals surface area contributed by atoms with Gasteiger partial charge >= 0.3 is 0 Å². The molecule has 2 aromatic rings. The van der Waals surface area contributed by atoms with E-state index in [-0.39, 0.29) is 5.91 Å². The molecule has 0 spiro atoms. The Labute approximate surface area is 230 Å². The van der Waals surface area contributed by atoms with Crippen LogP contribution >= 0.6 is 12.2 Å². The Hall–Kier alpha value is -3.31. The molecule has 204 valence electrons. The monoisotopic (exact) mass is 538 g/mol. The van der Waals surface area contributed by atoms with Crippen LogP contribution in [0.4, 0.5) is 11.6 Å². The number of primary amides is 1. The number of hydrogen-bond acceptors (Lipinski definition) is 6. The summed E-state index contributed by atoms with van der Waals surface area (Å²) in [6, 6.07) is 9.48. The zero-order valence-electron chi connectivity index (χ0n) is 22.5. The van der Waals surface area contributed by atoms with Crippen molar-refractivity contribution in [3.8, 4) is 5.75 Å². The van der Waals surface area contributed by atoms with Gasteiger partial charge in [-0.1, -0.05) is 6.42 Å². The second kappa shape index (κ2) is 12.5. The fourth-order valence-corrected chi connectivity index (χ4v) is 5.44. The second-order valence-corrected chi connectivity index (χ2v) is 10.2. The summed E-state index contributed by atoms with van der Waals surface area (Å²) in [5.74, 6) is 1.54. The van der Waals surface area contributed by atoms with E-state index in [2.05, 4.69) is 30.4 Å². The molecule has 0 unspecified atom stereocenters. The quantitative estimate of drug-likeness (QED) is 0.288. The molecule has 0 radical (unpaired) electrons. The lowest BCUT2D eigenvalue weighted by Crippen LogP contribution is -2.64. The highest BCUT2D eigenvalue weighted by atomic mass is 32.1. The van der Waals surface area contributed by atoms with Crippen LogP contribution in [0.3, 0.4) is 0 Å². The number of anilines is 2. The molecular formula is C27H38N8O2S. The predicted molar refractivity (Wildman–Crippen MR) is 155 cm³/mol. The molecule has 0 atom stereocenters. The van der Waals surface area contributed by atoms with Crippen molar-refractivity contribution in [2.24, 2.45) is 10.7 Å². The average molecular weight is 539 g/mol. The van der Waals surface area contributed by atoms with Gasteiger partial charge in [0.15, 0.2) is 0 Å². The Morgan fingerprint density at radius 2 is 1.68 bits per heavy atom. The van der Waals surface area contributed by atoms with Gasteiger partial charge in [-0.05, 0) is 102 Å². The summed E-state index contributed by atoms with van der Waals surface area (Å²) in [5, 5.41) is 6.75. The van der Waals surface area contributed by atoms with E-state index < -0.39 is 5.54 Å². The number of aryl methyl sites for hydroxylation is 2. The number of amides is 1. The molecule has 38 heavy (non-hydrogen) atoms. The van der Waals surface area contributed by atoms with Crippen molar-refractivity contribution >= 4 is 40.8 Å². The maximum atomic E-state index is 12.7. The summed E-state index contributed by atoms with van der Waals surface area (Å²) in [5.41, 5.74) is 7.89. The number of thiocarbonyl (C=S) groups is 1. The second-order valence-electron chi connectivity index (χ2n) is 9.85. The highest BCUT2D eigenvalue weighted by Crippen LogP contribution is 2.32. The normalized spacial score (nSPS) is 18.1. The number of nitrogens with zero attached hydrogens (tertiary/aromatic N) is 5. The summed E-state index contributed by atoms with van der Waals surface area (Å²) in [7, 11) is 0. The number of aliphatic imine (C=N–C) groups is 1. The van der Waals surface area contributed by atoms with Crippen LogP contribution in [0.2, 0.25) is 0 Å². The smallest absolute Gasteiger partial charge is 0.238 e. The van der Waals surface area contributed by atoms with Crippen molar-refractivity contribution in [2.45, 2.75) is 58.4 Å². The first-order chi connectivity index (χ1) is 18.3. The van der Waals surface area contributed by atoms with Gasteiger partial charge in [0.1, 0.15) is 11.3 Å². The van der Waals surface area contributed by atoms with Gasteiger partial charge in [-0.15, -0.1) is 0 Å². The Bertz CT molecular complexity index is 1140. The van der Waals surface area contributed by atoms with E-state index in [0.29, 0.717) is 49.6 Å². The number of carbonyl (C=O) groups excluding carboxylic acids is 1. The molecular weight excluding hydrogens is 500 g/mol. The minimum Gasteiger partial charge on any atom is -0.494 e. The van der Waals surface area contributed by atoms with E-state index in [1.54, 1.807) is 0 Å². The minimum absolute atomic E-state index is 0.240. The van der Waals surface area contributed by atoms with Crippen molar-refractivity contribution in [2.75, 3.05) is 43.4 Å². The summed E-state index contributed by atoms with van der Waals surface area (Å²) < 4.78 is 5.52. The lowest BCUT2D eigenvalue weighted by atomic mass is 9.83. The van der Waals surface area contributed by atoms with Gasteiger partial charge in [-0.25, -0.2) is 9.97 Å². The molecule has 0 aliphatic carbocycles. The van der Waals surface area contributed by atoms with Crippen molar-refractivity contribution < 1.29 is 9.53 Å². The Balaban J connectivity index is 1.54. The molecule has 2 aliphatic rings. The third-order valence-electron chi connectivity index (χ3n) is 7.14.